The summed E-state index contributed by atoms with van der Waals surface area (Å²) in [7, 11) is 0. The minimum Gasteiger partial charge on any atom is -0.489 e. The third-order valence-electron chi connectivity index (χ3n) is 5.24. The van der Waals surface area contributed by atoms with Crippen LogP contribution in [0.15, 0.2) is 59.4 Å². The highest BCUT2D eigenvalue weighted by Gasteiger charge is 2.21. The molecule has 2 heterocycles. The summed E-state index contributed by atoms with van der Waals surface area (Å²) in [6.45, 7) is 6.49. The van der Waals surface area contributed by atoms with Crippen LogP contribution in [0.2, 0.25) is 5.02 Å². The van der Waals surface area contributed by atoms with Crippen LogP contribution in [0, 0.1) is 20.8 Å². The van der Waals surface area contributed by atoms with Crippen LogP contribution in [0.25, 0.3) is 0 Å². The molecule has 2 aromatic heterocycles. The van der Waals surface area contributed by atoms with Crippen LogP contribution in [-0.2, 0) is 13.2 Å². The summed E-state index contributed by atoms with van der Waals surface area (Å²) in [6, 6.07) is 13.4. The van der Waals surface area contributed by atoms with Gasteiger partial charge in [0.1, 0.15) is 18.1 Å². The van der Waals surface area contributed by atoms with E-state index >= 15 is 0 Å². The lowest BCUT2D eigenvalue weighted by molar-refractivity contribution is 0.101. The standard InChI is InChI=1S/C24H23ClN4O3/c1-15-8-9-20(10-16(15)2)31-14-21-17(3)32-28-23(21)24(30)27-19-11-26-29(13-19)12-18-6-4-5-7-22(18)25/h4-11,13H,12,14H2,1-3H3,(H,27,30). The summed E-state index contributed by atoms with van der Waals surface area (Å²) in [4.78, 5) is 12.8. The summed E-state index contributed by atoms with van der Waals surface area (Å²) < 4.78 is 12.8. The number of aromatic nitrogens is 3. The number of amides is 1. The first-order valence-electron chi connectivity index (χ1n) is 10.1. The molecule has 7 nitrogen and oxygen atoms in total. The van der Waals surface area contributed by atoms with E-state index in [9.17, 15) is 4.79 Å². The Hall–Kier alpha value is -3.58. The minimum atomic E-state index is -0.391. The molecule has 0 fully saturated rings. The lowest BCUT2D eigenvalue weighted by Gasteiger charge is -2.08. The van der Waals surface area contributed by atoms with E-state index in [1.165, 1.54) is 5.56 Å². The zero-order chi connectivity index (χ0) is 22.7. The van der Waals surface area contributed by atoms with E-state index < -0.39 is 5.91 Å². The molecule has 8 heteroatoms. The molecule has 32 heavy (non-hydrogen) atoms. The van der Waals surface area contributed by atoms with Gasteiger partial charge in [-0.1, -0.05) is 41.0 Å². The van der Waals surface area contributed by atoms with E-state index in [1.807, 2.05) is 56.3 Å². The molecule has 164 valence electrons. The van der Waals surface area contributed by atoms with Crippen molar-refractivity contribution in [2.45, 2.75) is 33.9 Å². The lowest BCUT2D eigenvalue weighted by atomic mass is 10.1. The van der Waals surface area contributed by atoms with Crippen LogP contribution in [0.5, 0.6) is 5.75 Å². The summed E-state index contributed by atoms with van der Waals surface area (Å²) in [5, 5.41) is 11.7. The van der Waals surface area contributed by atoms with E-state index in [0.29, 0.717) is 28.6 Å². The number of benzene rings is 2. The Kier molecular flexibility index (Phi) is 6.28. The van der Waals surface area contributed by atoms with Crippen molar-refractivity contribution in [3.8, 4) is 5.75 Å². The highest BCUT2D eigenvalue weighted by Crippen LogP contribution is 2.22. The monoisotopic (exact) mass is 450 g/mol. The predicted molar refractivity (Wildman–Crippen MR) is 122 cm³/mol. The van der Waals surface area contributed by atoms with Crippen LogP contribution in [0.3, 0.4) is 0 Å². The number of rotatable bonds is 7. The van der Waals surface area contributed by atoms with Gasteiger partial charge in [-0.05, 0) is 55.7 Å². The van der Waals surface area contributed by atoms with Crippen molar-refractivity contribution in [1.29, 1.82) is 0 Å². The van der Waals surface area contributed by atoms with Gasteiger partial charge in [-0.15, -0.1) is 0 Å². The van der Waals surface area contributed by atoms with Gasteiger partial charge in [0.15, 0.2) is 5.69 Å². The lowest BCUT2D eigenvalue weighted by Crippen LogP contribution is -2.15. The first-order valence-corrected chi connectivity index (χ1v) is 10.5. The van der Waals surface area contributed by atoms with Gasteiger partial charge < -0.3 is 14.6 Å². The quantitative estimate of drug-likeness (QED) is 0.411. The third kappa shape index (κ3) is 4.84. The normalized spacial score (nSPS) is 10.9. The Morgan fingerprint density at radius 3 is 2.75 bits per heavy atom. The molecular weight excluding hydrogens is 428 g/mol. The van der Waals surface area contributed by atoms with Crippen molar-refractivity contribution in [2.24, 2.45) is 0 Å². The van der Waals surface area contributed by atoms with Gasteiger partial charge in [0, 0.05) is 11.2 Å². The minimum absolute atomic E-state index is 0.173. The van der Waals surface area contributed by atoms with E-state index in [-0.39, 0.29) is 12.3 Å². The van der Waals surface area contributed by atoms with Crippen LogP contribution in [0.1, 0.15) is 38.5 Å². The molecule has 0 aliphatic heterocycles. The Balaban J connectivity index is 1.43. The Labute approximate surface area is 190 Å². The second-order valence-electron chi connectivity index (χ2n) is 7.57. The average molecular weight is 451 g/mol. The Morgan fingerprint density at radius 1 is 1.16 bits per heavy atom. The van der Waals surface area contributed by atoms with Gasteiger partial charge in [0.05, 0.1) is 24.0 Å². The molecule has 0 aliphatic carbocycles. The van der Waals surface area contributed by atoms with Crippen LogP contribution in [-0.4, -0.2) is 20.8 Å². The molecule has 0 spiro atoms. The van der Waals surface area contributed by atoms with E-state index in [1.54, 1.807) is 24.0 Å². The number of aryl methyl sites for hydroxylation is 3. The van der Waals surface area contributed by atoms with Crippen LogP contribution >= 0.6 is 11.6 Å². The number of nitrogens with zero attached hydrogens (tertiary/aromatic N) is 3. The van der Waals surface area contributed by atoms with Gasteiger partial charge in [0.25, 0.3) is 5.91 Å². The second-order valence-corrected chi connectivity index (χ2v) is 7.98. The van der Waals surface area contributed by atoms with Crippen molar-refractivity contribution >= 4 is 23.2 Å². The van der Waals surface area contributed by atoms with Crippen molar-refractivity contribution in [2.75, 3.05) is 5.32 Å². The predicted octanol–water partition coefficient (Wildman–Crippen LogP) is 5.33. The number of anilines is 1. The molecule has 1 N–H and O–H groups in total. The van der Waals surface area contributed by atoms with Crippen molar-refractivity contribution in [1.82, 2.24) is 14.9 Å². The Bertz CT molecular complexity index is 1260. The fourth-order valence-electron chi connectivity index (χ4n) is 3.20. The molecule has 2 aromatic carbocycles. The molecule has 0 radical (unpaired) electrons. The fourth-order valence-corrected chi connectivity index (χ4v) is 3.40. The maximum absolute atomic E-state index is 12.8. The van der Waals surface area contributed by atoms with E-state index in [4.69, 9.17) is 20.9 Å². The second kappa shape index (κ2) is 9.28. The van der Waals surface area contributed by atoms with E-state index in [2.05, 4.69) is 15.6 Å². The van der Waals surface area contributed by atoms with Crippen molar-refractivity contribution < 1.29 is 14.1 Å². The zero-order valence-electron chi connectivity index (χ0n) is 18.1. The Morgan fingerprint density at radius 2 is 1.97 bits per heavy atom. The number of halogens is 1. The number of ether oxygens (including phenoxy) is 1. The molecule has 0 saturated carbocycles. The highest BCUT2D eigenvalue weighted by molar-refractivity contribution is 6.31. The maximum atomic E-state index is 12.8. The molecule has 0 aliphatic rings. The summed E-state index contributed by atoms with van der Waals surface area (Å²) in [5.74, 6) is 0.868. The molecule has 0 atom stereocenters. The van der Waals surface area contributed by atoms with Crippen molar-refractivity contribution in [3.63, 3.8) is 0 Å². The number of nitrogens with one attached hydrogen (secondary N) is 1. The summed E-state index contributed by atoms with van der Waals surface area (Å²) >= 11 is 6.21. The third-order valence-corrected chi connectivity index (χ3v) is 5.61. The average Bonchev–Trinajstić information content (AvgIpc) is 3.36. The zero-order valence-corrected chi connectivity index (χ0v) is 18.8. The van der Waals surface area contributed by atoms with Crippen molar-refractivity contribution in [3.05, 3.63) is 93.6 Å². The number of carbonyl (C=O) groups is 1. The maximum Gasteiger partial charge on any atom is 0.278 e. The molecule has 0 bridgehead atoms. The SMILES string of the molecule is Cc1ccc(OCc2c(C(=O)Nc3cnn(Cc4ccccc4Cl)c3)noc2C)cc1C. The molecule has 0 saturated heterocycles. The van der Waals surface area contributed by atoms with Crippen LogP contribution in [0.4, 0.5) is 5.69 Å². The first kappa shape index (κ1) is 21.6. The molecular formula is C24H23ClN4O3. The molecule has 4 aromatic rings. The summed E-state index contributed by atoms with van der Waals surface area (Å²) in [5.41, 5.74) is 4.59. The van der Waals surface area contributed by atoms with Gasteiger partial charge >= 0.3 is 0 Å². The van der Waals surface area contributed by atoms with Gasteiger partial charge in [-0.3, -0.25) is 9.48 Å². The topological polar surface area (TPSA) is 82.2 Å². The van der Waals surface area contributed by atoms with Gasteiger partial charge in [-0.2, -0.15) is 5.10 Å². The molecule has 4 rings (SSSR count). The highest BCUT2D eigenvalue weighted by atomic mass is 35.5. The fraction of sp³-hybridized carbons (Fsp3) is 0.208. The van der Waals surface area contributed by atoms with Gasteiger partial charge in [-0.25, -0.2) is 0 Å². The number of hydrogen-bond donors (Lipinski definition) is 1. The number of carbonyl (C=O) groups excluding carboxylic acids is 1. The summed E-state index contributed by atoms with van der Waals surface area (Å²) in [6.07, 6.45) is 3.31. The molecule has 1 amide bonds. The smallest absolute Gasteiger partial charge is 0.278 e. The van der Waals surface area contributed by atoms with Gasteiger partial charge in [0.2, 0.25) is 0 Å². The van der Waals surface area contributed by atoms with E-state index in [0.717, 1.165) is 16.9 Å². The number of hydrogen-bond acceptors (Lipinski definition) is 5. The largest absolute Gasteiger partial charge is 0.489 e. The van der Waals surface area contributed by atoms with Crippen LogP contribution < -0.4 is 10.1 Å². The molecule has 0 unspecified atom stereocenters. The first-order chi connectivity index (χ1) is 15.4.